The van der Waals surface area contributed by atoms with E-state index in [0.29, 0.717) is 20.3 Å². The Labute approximate surface area is 140 Å². The minimum atomic E-state index is -3.07. The Balaban J connectivity index is 2.31. The molecular formula is C14H12Cl2F3N3O. The fraction of sp³-hybridized carbons (Fsp3) is 0.286. The Morgan fingerprint density at radius 1 is 1.35 bits per heavy atom. The lowest BCUT2D eigenvalue weighted by Crippen LogP contribution is -2.28. The van der Waals surface area contributed by atoms with Gasteiger partial charge in [-0.05, 0) is 30.7 Å². The maximum Gasteiger partial charge on any atom is 0.283 e. The summed E-state index contributed by atoms with van der Waals surface area (Å²) in [7, 11) is 1.13. The molecule has 1 atom stereocenters. The average Bonchev–Trinajstić information content (AvgIpc) is 2.77. The van der Waals surface area contributed by atoms with Crippen molar-refractivity contribution < 1.29 is 18.0 Å². The first-order chi connectivity index (χ1) is 10.7. The van der Waals surface area contributed by atoms with Crippen LogP contribution >= 0.6 is 23.2 Å². The molecule has 1 amide bonds. The van der Waals surface area contributed by atoms with Crippen LogP contribution < -0.4 is 5.32 Å². The molecule has 2 rings (SSSR count). The molecule has 23 heavy (non-hydrogen) atoms. The molecule has 0 aliphatic rings. The van der Waals surface area contributed by atoms with Crippen LogP contribution in [-0.4, -0.2) is 15.7 Å². The van der Waals surface area contributed by atoms with Crippen LogP contribution in [0.4, 0.5) is 13.2 Å². The molecule has 0 aliphatic heterocycles. The highest BCUT2D eigenvalue weighted by atomic mass is 35.5. The zero-order valence-electron chi connectivity index (χ0n) is 12.1. The van der Waals surface area contributed by atoms with Gasteiger partial charge in [0, 0.05) is 17.1 Å². The summed E-state index contributed by atoms with van der Waals surface area (Å²) in [6.45, 7) is 1.58. The van der Waals surface area contributed by atoms with E-state index in [2.05, 4.69) is 10.4 Å². The minimum absolute atomic E-state index is 0.336. The van der Waals surface area contributed by atoms with Crippen LogP contribution in [0.2, 0.25) is 10.0 Å². The number of alkyl halides is 2. The molecule has 124 valence electrons. The SMILES string of the molecule is CC(NC(=O)c1c(C(F)F)nn(C)c1F)c1cc(Cl)ccc1Cl. The second-order valence-corrected chi connectivity index (χ2v) is 5.68. The molecule has 1 aromatic carbocycles. The lowest BCUT2D eigenvalue weighted by Gasteiger charge is -2.16. The first-order valence-electron chi connectivity index (χ1n) is 6.48. The summed E-state index contributed by atoms with van der Waals surface area (Å²) in [6, 6.07) is 3.97. The first-order valence-corrected chi connectivity index (χ1v) is 7.24. The first kappa shape index (κ1) is 17.6. The van der Waals surface area contributed by atoms with Gasteiger partial charge >= 0.3 is 0 Å². The molecule has 2 aromatic rings. The monoisotopic (exact) mass is 365 g/mol. The molecule has 1 aromatic heterocycles. The second kappa shape index (κ2) is 6.80. The summed E-state index contributed by atoms with van der Waals surface area (Å²) in [5, 5.41) is 6.48. The summed E-state index contributed by atoms with van der Waals surface area (Å²) in [5.41, 5.74) is -1.21. The van der Waals surface area contributed by atoms with Crippen molar-refractivity contribution in [3.8, 4) is 0 Å². The van der Waals surface area contributed by atoms with Crippen LogP contribution in [-0.2, 0) is 7.05 Å². The molecule has 0 radical (unpaired) electrons. The topological polar surface area (TPSA) is 46.9 Å². The highest BCUT2D eigenvalue weighted by Gasteiger charge is 2.29. The lowest BCUT2D eigenvalue weighted by atomic mass is 10.1. The predicted molar refractivity (Wildman–Crippen MR) is 80.5 cm³/mol. The van der Waals surface area contributed by atoms with Crippen molar-refractivity contribution in [3.05, 3.63) is 51.0 Å². The molecule has 0 saturated carbocycles. The third kappa shape index (κ3) is 3.61. The van der Waals surface area contributed by atoms with Gasteiger partial charge in [-0.2, -0.15) is 9.49 Å². The number of rotatable bonds is 4. The highest BCUT2D eigenvalue weighted by molar-refractivity contribution is 6.33. The maximum absolute atomic E-state index is 13.9. The normalized spacial score (nSPS) is 12.5. The minimum Gasteiger partial charge on any atom is -0.345 e. The summed E-state index contributed by atoms with van der Waals surface area (Å²) < 4.78 is 40.3. The Hall–Kier alpha value is -1.73. The van der Waals surface area contributed by atoms with Crippen LogP contribution in [0.1, 0.15) is 41.0 Å². The number of carbonyl (C=O) groups excluding carboxylic acids is 1. The molecule has 4 nitrogen and oxygen atoms in total. The molecule has 9 heteroatoms. The van der Waals surface area contributed by atoms with Crippen LogP contribution in [0, 0.1) is 5.95 Å². The van der Waals surface area contributed by atoms with Gasteiger partial charge in [0.15, 0.2) is 0 Å². The quantitative estimate of drug-likeness (QED) is 0.877. The van der Waals surface area contributed by atoms with E-state index in [1.54, 1.807) is 13.0 Å². The number of carbonyl (C=O) groups is 1. The second-order valence-electron chi connectivity index (χ2n) is 4.84. The summed E-state index contributed by atoms with van der Waals surface area (Å²) >= 11 is 11.9. The van der Waals surface area contributed by atoms with Crippen molar-refractivity contribution >= 4 is 29.1 Å². The zero-order chi connectivity index (χ0) is 17.3. The van der Waals surface area contributed by atoms with E-state index in [1.165, 1.54) is 12.1 Å². The van der Waals surface area contributed by atoms with Gasteiger partial charge in [-0.25, -0.2) is 13.5 Å². The van der Waals surface area contributed by atoms with Crippen molar-refractivity contribution in [2.24, 2.45) is 7.05 Å². The number of amides is 1. The highest BCUT2D eigenvalue weighted by Crippen LogP contribution is 2.28. The molecule has 1 heterocycles. The number of benzene rings is 1. The van der Waals surface area contributed by atoms with E-state index in [-0.39, 0.29) is 0 Å². The van der Waals surface area contributed by atoms with Gasteiger partial charge in [-0.3, -0.25) is 4.79 Å². The molecule has 1 N–H and O–H groups in total. The predicted octanol–water partition coefficient (Wildman–Crippen LogP) is 4.29. The van der Waals surface area contributed by atoms with Crippen LogP contribution in [0.25, 0.3) is 0 Å². The molecule has 0 aliphatic carbocycles. The van der Waals surface area contributed by atoms with E-state index in [9.17, 15) is 18.0 Å². The Morgan fingerprint density at radius 3 is 2.61 bits per heavy atom. The standard InChI is InChI=1S/C14H12Cl2F3N3O/c1-6(8-5-7(15)3-4-9(8)16)20-14(23)10-11(12(17)18)21-22(2)13(10)19/h3-6,12H,1-2H3,(H,20,23). The fourth-order valence-electron chi connectivity index (χ4n) is 2.08. The summed E-state index contributed by atoms with van der Waals surface area (Å²) in [4.78, 5) is 12.2. The van der Waals surface area contributed by atoms with Crippen LogP contribution in [0.15, 0.2) is 18.2 Å². The molecule has 0 bridgehead atoms. The smallest absolute Gasteiger partial charge is 0.283 e. The molecule has 0 saturated heterocycles. The number of nitrogens with one attached hydrogen (secondary N) is 1. The Bertz CT molecular complexity index is 749. The number of aryl methyl sites for hydroxylation is 1. The average molecular weight is 366 g/mol. The van der Waals surface area contributed by atoms with Crippen LogP contribution in [0.5, 0.6) is 0 Å². The van der Waals surface area contributed by atoms with E-state index in [0.717, 1.165) is 7.05 Å². The fourth-order valence-corrected chi connectivity index (χ4v) is 2.54. The van der Waals surface area contributed by atoms with E-state index < -0.39 is 35.6 Å². The largest absolute Gasteiger partial charge is 0.345 e. The van der Waals surface area contributed by atoms with Crippen molar-refractivity contribution in [3.63, 3.8) is 0 Å². The van der Waals surface area contributed by atoms with Gasteiger partial charge in [0.25, 0.3) is 12.3 Å². The van der Waals surface area contributed by atoms with Crippen molar-refractivity contribution in [2.75, 3.05) is 0 Å². The van der Waals surface area contributed by atoms with E-state index in [1.807, 2.05) is 0 Å². The molecule has 0 fully saturated rings. The maximum atomic E-state index is 13.9. The number of hydrogen-bond donors (Lipinski definition) is 1. The number of halogens is 5. The van der Waals surface area contributed by atoms with E-state index in [4.69, 9.17) is 23.2 Å². The zero-order valence-corrected chi connectivity index (χ0v) is 13.6. The Kier molecular flexibility index (Phi) is 5.21. The summed E-state index contributed by atoms with van der Waals surface area (Å²) in [6.07, 6.45) is -3.07. The van der Waals surface area contributed by atoms with Gasteiger partial charge in [0.05, 0.1) is 6.04 Å². The van der Waals surface area contributed by atoms with Crippen molar-refractivity contribution in [1.82, 2.24) is 15.1 Å². The Morgan fingerprint density at radius 2 is 2.00 bits per heavy atom. The number of nitrogens with zero attached hydrogens (tertiary/aromatic N) is 2. The molecular weight excluding hydrogens is 354 g/mol. The molecule has 0 spiro atoms. The van der Waals surface area contributed by atoms with Gasteiger partial charge < -0.3 is 5.32 Å². The van der Waals surface area contributed by atoms with Gasteiger partial charge in [0.2, 0.25) is 5.95 Å². The number of aromatic nitrogens is 2. The molecule has 1 unspecified atom stereocenters. The van der Waals surface area contributed by atoms with Gasteiger partial charge in [-0.15, -0.1) is 0 Å². The van der Waals surface area contributed by atoms with E-state index >= 15 is 0 Å². The third-order valence-corrected chi connectivity index (χ3v) is 3.79. The van der Waals surface area contributed by atoms with Gasteiger partial charge in [-0.1, -0.05) is 23.2 Å². The lowest BCUT2D eigenvalue weighted by molar-refractivity contribution is 0.0920. The van der Waals surface area contributed by atoms with Crippen molar-refractivity contribution in [1.29, 1.82) is 0 Å². The van der Waals surface area contributed by atoms with Gasteiger partial charge in [0.1, 0.15) is 11.3 Å². The van der Waals surface area contributed by atoms with Crippen LogP contribution in [0.3, 0.4) is 0 Å². The number of hydrogen-bond acceptors (Lipinski definition) is 2. The summed E-state index contributed by atoms with van der Waals surface area (Å²) in [5.74, 6) is -2.14. The third-order valence-electron chi connectivity index (χ3n) is 3.21. The van der Waals surface area contributed by atoms with Crippen molar-refractivity contribution in [2.45, 2.75) is 19.4 Å².